The molecule has 0 bridgehead atoms. The van der Waals surface area contributed by atoms with E-state index < -0.39 is 0 Å². The molecule has 2 heteroatoms. The van der Waals surface area contributed by atoms with Gasteiger partial charge in [-0.3, -0.25) is 0 Å². The third-order valence-corrected chi connectivity index (χ3v) is 2.60. The fraction of sp³-hybridized carbons (Fsp3) is 0.0667. The minimum atomic E-state index is 0.639. The normalized spacial score (nSPS) is 11.2. The predicted molar refractivity (Wildman–Crippen MR) is 75.2 cm³/mol. The molecular formula is C15H14ClN. The summed E-state index contributed by atoms with van der Waals surface area (Å²) in [5.74, 6) is 0. The second-order valence-corrected chi connectivity index (χ2v) is 4.21. The van der Waals surface area contributed by atoms with Gasteiger partial charge in [-0.1, -0.05) is 60.1 Å². The van der Waals surface area contributed by atoms with E-state index in [9.17, 15) is 0 Å². The van der Waals surface area contributed by atoms with E-state index in [0.717, 1.165) is 16.3 Å². The largest absolute Gasteiger partial charge is 0.380 e. The van der Waals surface area contributed by atoms with Crippen LogP contribution in [0.15, 0.2) is 65.7 Å². The summed E-state index contributed by atoms with van der Waals surface area (Å²) in [6, 6.07) is 20.1. The molecule has 0 atom stereocenters. The highest BCUT2D eigenvalue weighted by atomic mass is 35.5. The van der Waals surface area contributed by atoms with Gasteiger partial charge in [0.15, 0.2) is 0 Å². The molecule has 17 heavy (non-hydrogen) atoms. The maximum atomic E-state index is 6.16. The highest BCUT2D eigenvalue weighted by molar-refractivity contribution is 6.32. The molecule has 0 aromatic heterocycles. The maximum absolute atomic E-state index is 6.16. The van der Waals surface area contributed by atoms with Crippen molar-refractivity contribution in [3.63, 3.8) is 0 Å². The molecule has 2 aromatic carbocycles. The number of nitrogens with one attached hydrogen (secondary N) is 1. The molecule has 0 aliphatic carbocycles. The first-order chi connectivity index (χ1) is 8.34. The molecule has 0 radical (unpaired) electrons. The van der Waals surface area contributed by atoms with Gasteiger partial charge in [-0.25, -0.2) is 0 Å². The van der Waals surface area contributed by atoms with Crippen molar-refractivity contribution in [3.8, 4) is 0 Å². The van der Waals surface area contributed by atoms with Crippen LogP contribution in [0.1, 0.15) is 5.56 Å². The predicted octanol–water partition coefficient (Wildman–Crippen LogP) is 4.38. The van der Waals surface area contributed by atoms with Crippen LogP contribution in [-0.4, -0.2) is 6.54 Å². The van der Waals surface area contributed by atoms with Crippen LogP contribution in [0.3, 0.4) is 0 Å². The van der Waals surface area contributed by atoms with Crippen LogP contribution in [-0.2, 0) is 0 Å². The van der Waals surface area contributed by atoms with Gasteiger partial charge < -0.3 is 5.32 Å². The van der Waals surface area contributed by atoms with Gasteiger partial charge in [-0.05, 0) is 23.8 Å². The van der Waals surface area contributed by atoms with Crippen LogP contribution in [0.4, 0.5) is 5.69 Å². The maximum Gasteiger partial charge on any atom is 0.0508 e. The number of para-hydroxylation sites is 1. The van der Waals surface area contributed by atoms with E-state index in [1.165, 1.54) is 0 Å². The van der Waals surface area contributed by atoms with Gasteiger partial charge in [-0.15, -0.1) is 0 Å². The Balaban J connectivity index is 1.94. The minimum Gasteiger partial charge on any atom is -0.380 e. The molecular weight excluding hydrogens is 230 g/mol. The smallest absolute Gasteiger partial charge is 0.0508 e. The van der Waals surface area contributed by atoms with Crippen LogP contribution in [0.2, 0.25) is 0 Å². The second kappa shape index (κ2) is 6.12. The van der Waals surface area contributed by atoms with Gasteiger partial charge in [0.2, 0.25) is 0 Å². The van der Waals surface area contributed by atoms with E-state index in [2.05, 4.69) is 5.32 Å². The first-order valence-corrected chi connectivity index (χ1v) is 5.92. The molecule has 0 spiro atoms. The molecule has 0 amide bonds. The summed E-state index contributed by atoms with van der Waals surface area (Å²) in [6.07, 6.45) is 1.97. The zero-order valence-corrected chi connectivity index (χ0v) is 10.2. The van der Waals surface area contributed by atoms with Crippen LogP contribution in [0.25, 0.3) is 6.08 Å². The Kier molecular flexibility index (Phi) is 4.23. The molecule has 1 nitrogen and oxygen atoms in total. The van der Waals surface area contributed by atoms with E-state index in [1.54, 1.807) is 0 Å². The molecule has 0 aliphatic rings. The third-order valence-electron chi connectivity index (χ3n) is 2.36. The fourth-order valence-electron chi connectivity index (χ4n) is 1.52. The summed E-state index contributed by atoms with van der Waals surface area (Å²) in [6.45, 7) is 0.639. The standard InChI is InChI=1S/C15H14ClN/c16-14(11-13-7-3-1-4-8-13)12-17-15-9-5-2-6-10-15/h1-11,17H,12H2/b14-11-. The topological polar surface area (TPSA) is 12.0 Å². The number of benzene rings is 2. The van der Waals surface area contributed by atoms with Gasteiger partial charge in [-0.2, -0.15) is 0 Å². The van der Waals surface area contributed by atoms with Crippen LogP contribution >= 0.6 is 11.6 Å². The lowest BCUT2D eigenvalue weighted by Crippen LogP contribution is -2.00. The summed E-state index contributed by atoms with van der Waals surface area (Å²) < 4.78 is 0. The Labute approximate surface area is 107 Å². The van der Waals surface area contributed by atoms with Gasteiger partial charge in [0, 0.05) is 10.7 Å². The lowest BCUT2D eigenvalue weighted by molar-refractivity contribution is 1.32. The Morgan fingerprint density at radius 3 is 2.18 bits per heavy atom. The molecule has 0 unspecified atom stereocenters. The van der Waals surface area contributed by atoms with Crippen molar-refractivity contribution in [3.05, 3.63) is 71.3 Å². The molecule has 2 rings (SSSR count). The van der Waals surface area contributed by atoms with Crippen molar-refractivity contribution in [2.75, 3.05) is 11.9 Å². The summed E-state index contributed by atoms with van der Waals surface area (Å²) in [5, 5.41) is 4.06. The first-order valence-electron chi connectivity index (χ1n) is 5.54. The lowest BCUT2D eigenvalue weighted by atomic mass is 10.2. The monoisotopic (exact) mass is 243 g/mol. The van der Waals surface area contributed by atoms with E-state index >= 15 is 0 Å². The molecule has 86 valence electrons. The molecule has 0 saturated heterocycles. The number of halogens is 1. The third kappa shape index (κ3) is 3.97. The summed E-state index contributed by atoms with van der Waals surface area (Å²) in [5.41, 5.74) is 2.19. The zero-order valence-electron chi connectivity index (χ0n) is 9.44. The van der Waals surface area contributed by atoms with Crippen molar-refractivity contribution in [1.29, 1.82) is 0 Å². The van der Waals surface area contributed by atoms with Crippen molar-refractivity contribution in [1.82, 2.24) is 0 Å². The highest BCUT2D eigenvalue weighted by Crippen LogP contribution is 2.12. The molecule has 0 fully saturated rings. The minimum absolute atomic E-state index is 0.639. The average molecular weight is 244 g/mol. The van der Waals surface area contributed by atoms with Crippen LogP contribution in [0.5, 0.6) is 0 Å². The Hall–Kier alpha value is -1.73. The zero-order chi connectivity index (χ0) is 11.9. The number of hydrogen-bond donors (Lipinski definition) is 1. The number of hydrogen-bond acceptors (Lipinski definition) is 1. The SMILES string of the molecule is Cl/C(=C\c1ccccc1)CNc1ccccc1. The van der Waals surface area contributed by atoms with Crippen molar-refractivity contribution >= 4 is 23.4 Å². The van der Waals surface area contributed by atoms with E-state index in [0.29, 0.717) is 6.54 Å². The van der Waals surface area contributed by atoms with Gasteiger partial charge in [0.1, 0.15) is 0 Å². The summed E-state index contributed by atoms with van der Waals surface area (Å²) in [4.78, 5) is 0. The Morgan fingerprint density at radius 2 is 1.53 bits per heavy atom. The molecule has 0 aliphatic heterocycles. The molecule has 2 aromatic rings. The summed E-state index contributed by atoms with van der Waals surface area (Å²) >= 11 is 6.16. The van der Waals surface area contributed by atoms with E-state index in [4.69, 9.17) is 11.6 Å². The average Bonchev–Trinajstić information content (AvgIpc) is 2.39. The van der Waals surface area contributed by atoms with Gasteiger partial charge in [0.05, 0.1) is 6.54 Å². The molecule has 0 saturated carbocycles. The highest BCUT2D eigenvalue weighted by Gasteiger charge is 1.94. The first kappa shape index (κ1) is 11.7. The Morgan fingerprint density at radius 1 is 0.941 bits per heavy atom. The van der Waals surface area contributed by atoms with Gasteiger partial charge >= 0.3 is 0 Å². The quantitative estimate of drug-likeness (QED) is 0.841. The molecule has 1 N–H and O–H groups in total. The van der Waals surface area contributed by atoms with Gasteiger partial charge in [0.25, 0.3) is 0 Å². The van der Waals surface area contributed by atoms with Crippen molar-refractivity contribution < 1.29 is 0 Å². The molecule has 0 heterocycles. The summed E-state index contributed by atoms with van der Waals surface area (Å²) in [7, 11) is 0. The van der Waals surface area contributed by atoms with Crippen LogP contribution < -0.4 is 5.32 Å². The van der Waals surface area contributed by atoms with Crippen molar-refractivity contribution in [2.45, 2.75) is 0 Å². The van der Waals surface area contributed by atoms with E-state index in [1.807, 2.05) is 66.7 Å². The number of anilines is 1. The van der Waals surface area contributed by atoms with Crippen molar-refractivity contribution in [2.24, 2.45) is 0 Å². The number of rotatable bonds is 4. The lowest BCUT2D eigenvalue weighted by Gasteiger charge is -2.05. The van der Waals surface area contributed by atoms with E-state index in [-0.39, 0.29) is 0 Å². The fourth-order valence-corrected chi connectivity index (χ4v) is 1.72. The van der Waals surface area contributed by atoms with Crippen LogP contribution in [0, 0.1) is 0 Å². The Bertz CT molecular complexity index is 477. The second-order valence-electron chi connectivity index (χ2n) is 3.72.